The Labute approximate surface area is 188 Å². The molecule has 3 rings (SSSR count). The van der Waals surface area contributed by atoms with Crippen molar-refractivity contribution in [2.75, 3.05) is 13.6 Å². The Balaban J connectivity index is 0.00000280. The van der Waals surface area contributed by atoms with Gasteiger partial charge in [-0.05, 0) is 45.6 Å². The van der Waals surface area contributed by atoms with Gasteiger partial charge in [0.25, 0.3) is 0 Å². The summed E-state index contributed by atoms with van der Waals surface area (Å²) < 4.78 is 6.13. The summed E-state index contributed by atoms with van der Waals surface area (Å²) in [5.74, 6) is 1.58. The first-order chi connectivity index (χ1) is 13.2. The van der Waals surface area contributed by atoms with Crippen LogP contribution in [0.25, 0.3) is 0 Å². The highest BCUT2D eigenvalue weighted by atomic mass is 127. The Morgan fingerprint density at radius 2 is 2.18 bits per heavy atom. The van der Waals surface area contributed by atoms with Crippen molar-refractivity contribution in [3.05, 3.63) is 40.0 Å². The lowest BCUT2D eigenvalue weighted by molar-refractivity contribution is 0.199. The smallest absolute Gasteiger partial charge is 0.218 e. The lowest BCUT2D eigenvalue weighted by atomic mass is 10.2. The fourth-order valence-corrected chi connectivity index (χ4v) is 3.85. The van der Waals surface area contributed by atoms with Crippen LogP contribution in [-0.2, 0) is 13.1 Å². The van der Waals surface area contributed by atoms with E-state index in [2.05, 4.69) is 32.5 Å². The van der Waals surface area contributed by atoms with Gasteiger partial charge in [-0.3, -0.25) is 0 Å². The molecule has 154 valence electrons. The van der Waals surface area contributed by atoms with Crippen molar-refractivity contribution in [1.29, 1.82) is 0 Å². The maximum atomic E-state index is 6.13. The van der Waals surface area contributed by atoms with Gasteiger partial charge < -0.3 is 15.0 Å². The number of halogens is 1. The number of nitrogens with one attached hydrogen (secondary N) is 1. The zero-order valence-corrected chi connectivity index (χ0v) is 20.0. The summed E-state index contributed by atoms with van der Waals surface area (Å²) in [5.41, 5.74) is 2.09. The number of rotatable bonds is 7. The molecule has 2 aromatic heterocycles. The van der Waals surface area contributed by atoms with E-state index >= 15 is 0 Å². The molecule has 8 heteroatoms. The molecule has 28 heavy (non-hydrogen) atoms. The van der Waals surface area contributed by atoms with Crippen LogP contribution >= 0.6 is 35.3 Å². The Morgan fingerprint density at radius 1 is 1.39 bits per heavy atom. The van der Waals surface area contributed by atoms with Gasteiger partial charge in [0, 0.05) is 30.7 Å². The van der Waals surface area contributed by atoms with E-state index in [0.717, 1.165) is 54.0 Å². The summed E-state index contributed by atoms with van der Waals surface area (Å²) in [6, 6.07) is 4.00. The van der Waals surface area contributed by atoms with Crippen LogP contribution in [0.5, 0.6) is 5.88 Å². The molecular formula is C20H30IN5OS. The number of hydrogen-bond donors (Lipinski definition) is 1. The van der Waals surface area contributed by atoms with Gasteiger partial charge in [0.15, 0.2) is 5.96 Å². The highest BCUT2D eigenvalue weighted by Gasteiger charge is 2.18. The summed E-state index contributed by atoms with van der Waals surface area (Å²) in [6.07, 6.45) is 6.83. The van der Waals surface area contributed by atoms with E-state index < -0.39 is 0 Å². The molecule has 0 aromatic carbocycles. The van der Waals surface area contributed by atoms with E-state index in [4.69, 9.17) is 9.73 Å². The molecule has 0 saturated heterocycles. The highest BCUT2D eigenvalue weighted by Crippen LogP contribution is 2.25. The Morgan fingerprint density at radius 3 is 2.86 bits per heavy atom. The minimum absolute atomic E-state index is 0. The minimum Gasteiger partial charge on any atom is -0.474 e. The van der Waals surface area contributed by atoms with Crippen LogP contribution in [0.3, 0.4) is 0 Å². The number of ether oxygens (including phenoxy) is 1. The number of pyridine rings is 1. The van der Waals surface area contributed by atoms with Crippen molar-refractivity contribution >= 4 is 41.3 Å². The fraction of sp³-hybridized carbons (Fsp3) is 0.550. The monoisotopic (exact) mass is 515 g/mol. The summed E-state index contributed by atoms with van der Waals surface area (Å²) >= 11 is 1.68. The predicted octanol–water partition coefficient (Wildman–Crippen LogP) is 4.38. The van der Waals surface area contributed by atoms with Gasteiger partial charge in [-0.15, -0.1) is 35.3 Å². The lowest BCUT2D eigenvalue weighted by Crippen LogP contribution is -2.38. The van der Waals surface area contributed by atoms with E-state index in [-0.39, 0.29) is 24.0 Å². The van der Waals surface area contributed by atoms with Gasteiger partial charge in [-0.2, -0.15) is 0 Å². The summed E-state index contributed by atoms with van der Waals surface area (Å²) in [5, 5.41) is 6.55. The molecule has 0 aliphatic heterocycles. The molecule has 0 radical (unpaired) electrons. The first-order valence-corrected chi connectivity index (χ1v) is 10.5. The molecule has 0 spiro atoms. The molecule has 1 aliphatic carbocycles. The molecule has 0 bridgehead atoms. The zero-order chi connectivity index (χ0) is 19.1. The number of nitrogens with zero attached hydrogens (tertiary/aromatic N) is 4. The third kappa shape index (κ3) is 6.58. The third-order valence-electron chi connectivity index (χ3n) is 4.59. The minimum atomic E-state index is 0. The number of thiazole rings is 1. The molecule has 1 fully saturated rings. The van der Waals surface area contributed by atoms with Gasteiger partial charge in [0.05, 0.1) is 23.8 Å². The van der Waals surface area contributed by atoms with Crippen LogP contribution in [0.1, 0.15) is 48.9 Å². The molecule has 1 aliphatic rings. The van der Waals surface area contributed by atoms with Crippen LogP contribution in [0.15, 0.2) is 28.7 Å². The second-order valence-corrected chi connectivity index (χ2v) is 7.94. The Kier molecular flexibility index (Phi) is 9.43. The standard InChI is InChI=1S/C20H29N5OS.HI/c1-4-21-20(25(3)13-17-14-27-15(2)24-17)23-12-16-8-7-11-22-19(16)26-18-9-5-6-10-18;/h7-8,11,14,18H,4-6,9-10,12-13H2,1-3H3,(H,21,23);1H. The van der Waals surface area contributed by atoms with Crippen LogP contribution < -0.4 is 10.1 Å². The number of aliphatic imine (C=N–C) groups is 1. The molecule has 2 aromatic rings. The lowest BCUT2D eigenvalue weighted by Gasteiger charge is -2.21. The van der Waals surface area contributed by atoms with Gasteiger partial charge in [-0.1, -0.05) is 6.07 Å². The van der Waals surface area contributed by atoms with Crippen molar-refractivity contribution in [1.82, 2.24) is 20.2 Å². The zero-order valence-electron chi connectivity index (χ0n) is 16.9. The maximum Gasteiger partial charge on any atom is 0.218 e. The van der Waals surface area contributed by atoms with Gasteiger partial charge in [0.1, 0.15) is 6.10 Å². The first-order valence-electron chi connectivity index (χ1n) is 9.66. The van der Waals surface area contributed by atoms with Gasteiger partial charge in [0.2, 0.25) is 5.88 Å². The topological polar surface area (TPSA) is 62.6 Å². The van der Waals surface area contributed by atoms with Crippen LogP contribution in [0.2, 0.25) is 0 Å². The number of aryl methyl sites for hydroxylation is 1. The molecule has 1 N–H and O–H groups in total. The summed E-state index contributed by atoms with van der Waals surface area (Å²) in [6.45, 7) is 6.20. The van der Waals surface area contributed by atoms with Crippen molar-refractivity contribution in [3.63, 3.8) is 0 Å². The van der Waals surface area contributed by atoms with Crippen LogP contribution in [0.4, 0.5) is 0 Å². The van der Waals surface area contributed by atoms with Crippen molar-refractivity contribution in [2.24, 2.45) is 4.99 Å². The maximum absolute atomic E-state index is 6.13. The van der Waals surface area contributed by atoms with Crippen LogP contribution in [-0.4, -0.2) is 40.5 Å². The van der Waals surface area contributed by atoms with Crippen molar-refractivity contribution < 1.29 is 4.74 Å². The van der Waals surface area contributed by atoms with E-state index in [1.54, 1.807) is 17.5 Å². The molecule has 0 unspecified atom stereocenters. The normalized spacial score (nSPS) is 14.6. The van der Waals surface area contributed by atoms with E-state index in [1.807, 2.05) is 26.1 Å². The Hall–Kier alpha value is -1.42. The molecule has 0 amide bonds. The predicted molar refractivity (Wildman–Crippen MR) is 126 cm³/mol. The van der Waals surface area contributed by atoms with Gasteiger partial charge in [-0.25, -0.2) is 15.0 Å². The van der Waals surface area contributed by atoms with E-state index in [1.165, 1.54) is 12.8 Å². The number of hydrogen-bond acceptors (Lipinski definition) is 5. The van der Waals surface area contributed by atoms with E-state index in [0.29, 0.717) is 12.6 Å². The quantitative estimate of drug-likeness (QED) is 0.337. The second-order valence-electron chi connectivity index (χ2n) is 6.88. The molecule has 2 heterocycles. The third-order valence-corrected chi connectivity index (χ3v) is 5.41. The fourth-order valence-electron chi connectivity index (χ4n) is 3.24. The largest absolute Gasteiger partial charge is 0.474 e. The molecular weight excluding hydrogens is 485 g/mol. The molecule has 0 atom stereocenters. The average Bonchev–Trinajstić information content (AvgIpc) is 3.31. The highest BCUT2D eigenvalue weighted by molar-refractivity contribution is 14.0. The number of aromatic nitrogens is 2. The Bertz CT molecular complexity index is 761. The SMILES string of the molecule is CCNC(=NCc1cccnc1OC1CCCC1)N(C)Cc1csc(C)n1.I. The first kappa shape index (κ1) is 22.9. The summed E-state index contributed by atoms with van der Waals surface area (Å²) in [4.78, 5) is 15.9. The van der Waals surface area contributed by atoms with Crippen LogP contribution in [0, 0.1) is 6.92 Å². The molecule has 6 nitrogen and oxygen atoms in total. The summed E-state index contributed by atoms with van der Waals surface area (Å²) in [7, 11) is 2.04. The van der Waals surface area contributed by atoms with E-state index in [9.17, 15) is 0 Å². The van der Waals surface area contributed by atoms with Crippen molar-refractivity contribution in [2.45, 2.75) is 58.7 Å². The average molecular weight is 515 g/mol. The van der Waals surface area contributed by atoms with Gasteiger partial charge >= 0.3 is 0 Å². The number of guanidine groups is 1. The second kappa shape index (κ2) is 11.5. The van der Waals surface area contributed by atoms with Crippen molar-refractivity contribution in [3.8, 4) is 5.88 Å². The molecule has 1 saturated carbocycles.